The Labute approximate surface area is 92.5 Å². The van der Waals surface area contributed by atoms with E-state index in [1.165, 1.54) is 14.2 Å². The van der Waals surface area contributed by atoms with Gasteiger partial charge in [0.1, 0.15) is 5.82 Å². The highest BCUT2D eigenvalue weighted by atomic mass is 19.1. The Kier molecular flexibility index (Phi) is 4.54. The molecule has 7 heteroatoms. The molecule has 0 saturated carbocycles. The molecule has 1 aromatic rings. The van der Waals surface area contributed by atoms with Crippen molar-refractivity contribution in [2.75, 3.05) is 21.0 Å². The Balaban J connectivity index is 3.05. The molecule has 0 spiro atoms. The molecular weight excluding hydrogens is 218 g/mol. The summed E-state index contributed by atoms with van der Waals surface area (Å²) >= 11 is 0. The first kappa shape index (κ1) is 12.8. The first-order valence-electron chi connectivity index (χ1n) is 4.45. The second kappa shape index (κ2) is 5.69. The van der Waals surface area contributed by atoms with Crippen LogP contribution in [0.25, 0.3) is 0 Å². The monoisotopic (exact) mass is 230 g/mol. The zero-order valence-electron chi connectivity index (χ0n) is 8.94. The van der Waals surface area contributed by atoms with E-state index in [2.05, 4.69) is 4.74 Å². The molecule has 1 aromatic carbocycles. The molecule has 0 amide bonds. The van der Waals surface area contributed by atoms with Crippen molar-refractivity contribution in [2.45, 2.75) is 0 Å². The number of hydrogen-bond acceptors (Lipinski definition) is 5. The van der Waals surface area contributed by atoms with Crippen LogP contribution in [0.4, 0.5) is 4.39 Å². The van der Waals surface area contributed by atoms with Gasteiger partial charge in [-0.1, -0.05) is 0 Å². The molecule has 2 N–H and O–H groups in total. The van der Waals surface area contributed by atoms with Crippen LogP contribution >= 0.6 is 0 Å². The fourth-order valence-corrected chi connectivity index (χ4v) is 1.14. The average Bonchev–Trinajstić information content (AvgIpc) is 2.25. The molecule has 0 radical (unpaired) electrons. The van der Waals surface area contributed by atoms with E-state index in [4.69, 9.17) is 19.5 Å². The van der Waals surface area contributed by atoms with E-state index < -0.39 is 12.9 Å². The van der Waals surface area contributed by atoms with E-state index in [0.717, 1.165) is 12.1 Å². The van der Waals surface area contributed by atoms with Crippen LogP contribution in [0, 0.1) is 5.82 Å². The van der Waals surface area contributed by atoms with Crippen molar-refractivity contribution in [2.24, 2.45) is 0 Å². The minimum atomic E-state index is -1.90. The van der Waals surface area contributed by atoms with Gasteiger partial charge in [0.25, 0.3) is 0 Å². The van der Waals surface area contributed by atoms with E-state index in [-0.39, 0.29) is 23.8 Å². The van der Waals surface area contributed by atoms with Gasteiger partial charge >= 0.3 is 7.12 Å². The van der Waals surface area contributed by atoms with Crippen molar-refractivity contribution in [3.63, 3.8) is 0 Å². The maximum absolute atomic E-state index is 13.3. The van der Waals surface area contributed by atoms with Gasteiger partial charge in [0, 0.05) is 18.6 Å². The number of rotatable bonds is 5. The highest BCUT2D eigenvalue weighted by Gasteiger charge is 2.20. The topological polar surface area (TPSA) is 68.2 Å². The van der Waals surface area contributed by atoms with Gasteiger partial charge in [-0.2, -0.15) is 0 Å². The Morgan fingerprint density at radius 2 is 1.94 bits per heavy atom. The lowest BCUT2D eigenvalue weighted by Gasteiger charge is -2.12. The van der Waals surface area contributed by atoms with Crippen molar-refractivity contribution in [1.29, 1.82) is 0 Å². The summed E-state index contributed by atoms with van der Waals surface area (Å²) < 4.78 is 28.0. The summed E-state index contributed by atoms with van der Waals surface area (Å²) in [7, 11) is 0.889. The SMILES string of the molecule is COCOc1cc(F)c(B(O)O)cc1OC. The lowest BCUT2D eigenvalue weighted by molar-refractivity contribution is 0.0489. The molecule has 0 unspecified atom stereocenters. The van der Waals surface area contributed by atoms with Crippen LogP contribution in [0.15, 0.2) is 12.1 Å². The van der Waals surface area contributed by atoms with Crippen LogP contribution in [0.5, 0.6) is 11.5 Å². The minimum absolute atomic E-state index is 0.0587. The smallest absolute Gasteiger partial charge is 0.491 e. The summed E-state index contributed by atoms with van der Waals surface area (Å²) in [5.41, 5.74) is -0.276. The molecule has 0 saturated heterocycles. The zero-order valence-corrected chi connectivity index (χ0v) is 8.94. The largest absolute Gasteiger partial charge is 0.493 e. The molecule has 0 aliphatic rings. The lowest BCUT2D eigenvalue weighted by Crippen LogP contribution is -2.32. The predicted octanol–water partition coefficient (Wildman–Crippen LogP) is -0.503. The van der Waals surface area contributed by atoms with E-state index >= 15 is 0 Å². The van der Waals surface area contributed by atoms with E-state index in [0.29, 0.717) is 0 Å². The third-order valence-electron chi connectivity index (χ3n) is 1.89. The molecule has 0 fully saturated rings. The Morgan fingerprint density at radius 1 is 1.25 bits per heavy atom. The Hall–Kier alpha value is -1.31. The van der Waals surface area contributed by atoms with Crippen molar-refractivity contribution >= 4 is 12.6 Å². The number of benzene rings is 1. The fraction of sp³-hybridized carbons (Fsp3) is 0.333. The van der Waals surface area contributed by atoms with Gasteiger partial charge in [0.05, 0.1) is 7.11 Å². The molecule has 1 rings (SSSR count). The second-order valence-electron chi connectivity index (χ2n) is 2.95. The van der Waals surface area contributed by atoms with Crippen LogP contribution in [-0.2, 0) is 4.74 Å². The van der Waals surface area contributed by atoms with Gasteiger partial charge in [-0.3, -0.25) is 0 Å². The lowest BCUT2D eigenvalue weighted by atomic mass is 9.79. The van der Waals surface area contributed by atoms with Gasteiger partial charge in [0.2, 0.25) is 0 Å². The van der Waals surface area contributed by atoms with Crippen LogP contribution in [-0.4, -0.2) is 38.2 Å². The molecule has 5 nitrogen and oxygen atoms in total. The molecule has 0 atom stereocenters. The second-order valence-corrected chi connectivity index (χ2v) is 2.95. The zero-order chi connectivity index (χ0) is 12.1. The molecule has 16 heavy (non-hydrogen) atoms. The molecule has 0 aliphatic heterocycles. The highest BCUT2D eigenvalue weighted by Crippen LogP contribution is 2.26. The Morgan fingerprint density at radius 3 is 2.44 bits per heavy atom. The number of methoxy groups -OCH3 is 2. The van der Waals surface area contributed by atoms with Gasteiger partial charge in [-0.15, -0.1) is 0 Å². The normalized spacial score (nSPS) is 10.1. The summed E-state index contributed by atoms with van der Waals surface area (Å²) in [5.74, 6) is -0.463. The van der Waals surface area contributed by atoms with Crippen LogP contribution in [0.3, 0.4) is 0 Å². The summed E-state index contributed by atoms with van der Waals surface area (Å²) in [5, 5.41) is 17.8. The number of halogens is 1. The van der Waals surface area contributed by atoms with Gasteiger partial charge in [-0.25, -0.2) is 4.39 Å². The van der Waals surface area contributed by atoms with Gasteiger partial charge in [-0.05, 0) is 6.07 Å². The molecule has 0 aromatic heterocycles. The van der Waals surface area contributed by atoms with Crippen LogP contribution < -0.4 is 14.9 Å². The predicted molar refractivity (Wildman–Crippen MR) is 55.3 cm³/mol. The van der Waals surface area contributed by atoms with Crippen LogP contribution in [0.2, 0.25) is 0 Å². The average molecular weight is 230 g/mol. The van der Waals surface area contributed by atoms with Crippen molar-refractivity contribution < 1.29 is 28.6 Å². The standard InChI is InChI=1S/C9H12BFO5/c1-14-5-16-9-4-7(11)6(10(12)13)3-8(9)15-2/h3-4,12-13H,5H2,1-2H3. The molecule has 88 valence electrons. The van der Waals surface area contributed by atoms with E-state index in [1.54, 1.807) is 0 Å². The molecule has 0 heterocycles. The number of ether oxygens (including phenoxy) is 3. The first-order valence-corrected chi connectivity index (χ1v) is 4.45. The third-order valence-corrected chi connectivity index (χ3v) is 1.89. The first-order chi connectivity index (χ1) is 7.60. The summed E-state index contributed by atoms with van der Waals surface area (Å²) in [6.45, 7) is -0.0587. The highest BCUT2D eigenvalue weighted by molar-refractivity contribution is 6.58. The van der Waals surface area contributed by atoms with Gasteiger partial charge < -0.3 is 24.3 Å². The minimum Gasteiger partial charge on any atom is -0.493 e. The maximum Gasteiger partial charge on any atom is 0.491 e. The van der Waals surface area contributed by atoms with E-state index in [1.807, 2.05) is 0 Å². The van der Waals surface area contributed by atoms with Crippen molar-refractivity contribution in [3.05, 3.63) is 17.9 Å². The molecular formula is C9H12BFO5. The third kappa shape index (κ3) is 2.85. The Bertz CT molecular complexity index is 358. The maximum atomic E-state index is 13.3. The summed E-state index contributed by atoms with van der Waals surface area (Å²) in [6, 6.07) is 2.16. The molecule has 0 aliphatic carbocycles. The number of hydrogen-bond donors (Lipinski definition) is 2. The van der Waals surface area contributed by atoms with E-state index in [9.17, 15) is 4.39 Å². The van der Waals surface area contributed by atoms with Crippen molar-refractivity contribution in [1.82, 2.24) is 0 Å². The van der Waals surface area contributed by atoms with Crippen molar-refractivity contribution in [3.8, 4) is 11.5 Å². The van der Waals surface area contributed by atoms with Gasteiger partial charge in [0.15, 0.2) is 18.3 Å². The quantitative estimate of drug-likeness (QED) is 0.527. The fourth-order valence-electron chi connectivity index (χ4n) is 1.14. The summed E-state index contributed by atoms with van der Waals surface area (Å²) in [6.07, 6.45) is 0. The van der Waals surface area contributed by atoms with Crippen LogP contribution in [0.1, 0.15) is 0 Å². The summed E-state index contributed by atoms with van der Waals surface area (Å²) in [4.78, 5) is 0. The molecule has 0 bridgehead atoms.